The molecule has 0 bridgehead atoms. The SMILES string of the molecule is CCC(C)C(O)COS(=O)[O-]. The largest absolute Gasteiger partial charge is 0.750 e. The molecule has 0 aliphatic heterocycles. The van der Waals surface area contributed by atoms with Gasteiger partial charge in [0, 0.05) is 0 Å². The van der Waals surface area contributed by atoms with Gasteiger partial charge in [-0.25, -0.2) is 4.21 Å². The van der Waals surface area contributed by atoms with Gasteiger partial charge < -0.3 is 9.66 Å². The lowest BCUT2D eigenvalue weighted by Crippen LogP contribution is -2.23. The second kappa shape index (κ2) is 5.65. The lowest BCUT2D eigenvalue weighted by atomic mass is 10.0. The van der Waals surface area contributed by atoms with Gasteiger partial charge in [0.1, 0.15) is 0 Å². The maximum absolute atomic E-state index is 9.88. The molecule has 0 heterocycles. The number of rotatable bonds is 5. The summed E-state index contributed by atoms with van der Waals surface area (Å²) in [6.45, 7) is 3.61. The first-order valence-corrected chi connectivity index (χ1v) is 4.48. The Kier molecular flexibility index (Phi) is 5.67. The molecular formula is C6H13O4S-. The van der Waals surface area contributed by atoms with E-state index in [1.165, 1.54) is 0 Å². The quantitative estimate of drug-likeness (QED) is 0.615. The fourth-order valence-corrected chi connectivity index (χ4v) is 0.812. The Hall–Kier alpha value is 0.0300. The summed E-state index contributed by atoms with van der Waals surface area (Å²) in [7, 11) is 0. The van der Waals surface area contributed by atoms with Gasteiger partial charge >= 0.3 is 0 Å². The van der Waals surface area contributed by atoms with Gasteiger partial charge in [0.05, 0.1) is 24.1 Å². The molecule has 0 saturated carbocycles. The van der Waals surface area contributed by atoms with Crippen molar-refractivity contribution in [2.24, 2.45) is 5.92 Å². The van der Waals surface area contributed by atoms with Crippen LogP contribution in [0, 0.1) is 5.92 Å². The van der Waals surface area contributed by atoms with Crippen LogP contribution in [0.4, 0.5) is 0 Å². The number of hydrogen-bond acceptors (Lipinski definition) is 4. The molecule has 0 radical (unpaired) electrons. The third kappa shape index (κ3) is 5.32. The molecule has 0 amide bonds. The van der Waals surface area contributed by atoms with Crippen LogP contribution in [0.2, 0.25) is 0 Å². The molecule has 0 rings (SSSR count). The van der Waals surface area contributed by atoms with E-state index in [-0.39, 0.29) is 12.5 Å². The van der Waals surface area contributed by atoms with Crippen LogP contribution in [0.25, 0.3) is 0 Å². The molecule has 0 aromatic rings. The molecule has 0 aromatic carbocycles. The van der Waals surface area contributed by atoms with Gasteiger partial charge in [-0.3, -0.25) is 4.18 Å². The van der Waals surface area contributed by atoms with E-state index in [1.54, 1.807) is 0 Å². The maximum atomic E-state index is 9.88. The van der Waals surface area contributed by atoms with Gasteiger partial charge in [0.25, 0.3) is 0 Å². The van der Waals surface area contributed by atoms with Crippen molar-refractivity contribution in [1.82, 2.24) is 0 Å². The minimum absolute atomic E-state index is 0.0681. The first-order chi connectivity index (χ1) is 5.07. The highest BCUT2D eigenvalue weighted by Gasteiger charge is 2.11. The van der Waals surface area contributed by atoms with Gasteiger partial charge in [-0.2, -0.15) is 0 Å². The molecule has 0 spiro atoms. The Morgan fingerprint density at radius 1 is 1.73 bits per heavy atom. The van der Waals surface area contributed by atoms with Crippen molar-refractivity contribution in [3.63, 3.8) is 0 Å². The van der Waals surface area contributed by atoms with E-state index < -0.39 is 17.5 Å². The predicted molar refractivity (Wildman–Crippen MR) is 40.3 cm³/mol. The van der Waals surface area contributed by atoms with Gasteiger partial charge in [-0.05, 0) is 5.92 Å². The smallest absolute Gasteiger partial charge is 0.0891 e. The minimum atomic E-state index is -2.51. The van der Waals surface area contributed by atoms with Crippen molar-refractivity contribution in [1.29, 1.82) is 0 Å². The Morgan fingerprint density at radius 2 is 2.27 bits per heavy atom. The summed E-state index contributed by atoms with van der Waals surface area (Å²) in [4.78, 5) is 0. The molecule has 0 fully saturated rings. The monoisotopic (exact) mass is 181 g/mol. The predicted octanol–water partition coefficient (Wildman–Crippen LogP) is 0.204. The van der Waals surface area contributed by atoms with E-state index in [9.17, 15) is 8.76 Å². The fourth-order valence-electron chi connectivity index (χ4n) is 0.562. The zero-order chi connectivity index (χ0) is 8.85. The fraction of sp³-hybridized carbons (Fsp3) is 1.00. The molecule has 0 aromatic heterocycles. The maximum Gasteiger partial charge on any atom is 0.0891 e. The number of aliphatic hydroxyl groups excluding tert-OH is 1. The Labute approximate surface area is 69.1 Å². The van der Waals surface area contributed by atoms with Gasteiger partial charge in [0.15, 0.2) is 0 Å². The summed E-state index contributed by atoms with van der Waals surface area (Å²) in [5.74, 6) is 0.0681. The second-order valence-electron chi connectivity index (χ2n) is 2.44. The van der Waals surface area contributed by atoms with E-state index in [1.807, 2.05) is 13.8 Å². The van der Waals surface area contributed by atoms with E-state index in [2.05, 4.69) is 4.18 Å². The zero-order valence-corrected chi connectivity index (χ0v) is 7.47. The molecule has 0 aliphatic carbocycles. The number of aliphatic hydroxyl groups is 1. The summed E-state index contributed by atoms with van der Waals surface area (Å²) in [5.41, 5.74) is 0. The summed E-state index contributed by atoms with van der Waals surface area (Å²) in [5, 5.41) is 9.17. The molecule has 11 heavy (non-hydrogen) atoms. The van der Waals surface area contributed by atoms with Crippen LogP contribution in [0.15, 0.2) is 0 Å². The van der Waals surface area contributed by atoms with E-state index >= 15 is 0 Å². The molecular weight excluding hydrogens is 168 g/mol. The van der Waals surface area contributed by atoms with Crippen LogP contribution in [0.5, 0.6) is 0 Å². The van der Waals surface area contributed by atoms with Crippen LogP contribution >= 0.6 is 0 Å². The van der Waals surface area contributed by atoms with Crippen molar-refractivity contribution in [3.05, 3.63) is 0 Å². The van der Waals surface area contributed by atoms with E-state index in [0.717, 1.165) is 6.42 Å². The van der Waals surface area contributed by atoms with Crippen LogP contribution in [-0.4, -0.2) is 26.6 Å². The number of hydrogen-bond donors (Lipinski definition) is 1. The van der Waals surface area contributed by atoms with Gasteiger partial charge in [-0.1, -0.05) is 20.3 Å². The zero-order valence-electron chi connectivity index (χ0n) is 6.65. The highest BCUT2D eigenvalue weighted by molar-refractivity contribution is 7.74. The van der Waals surface area contributed by atoms with Crippen LogP contribution in [0.1, 0.15) is 20.3 Å². The average Bonchev–Trinajstić information content (AvgIpc) is 1.98. The van der Waals surface area contributed by atoms with Crippen LogP contribution in [0.3, 0.4) is 0 Å². The van der Waals surface area contributed by atoms with Gasteiger partial charge in [-0.15, -0.1) is 0 Å². The summed E-state index contributed by atoms with van der Waals surface area (Å²) >= 11 is -2.51. The van der Waals surface area contributed by atoms with Crippen molar-refractivity contribution in [2.75, 3.05) is 6.61 Å². The average molecular weight is 181 g/mol. The summed E-state index contributed by atoms with van der Waals surface area (Å²) in [6.07, 6.45) is 0.105. The third-order valence-electron chi connectivity index (χ3n) is 1.64. The molecule has 0 aliphatic rings. The molecule has 1 N–H and O–H groups in total. The summed E-state index contributed by atoms with van der Waals surface area (Å²) < 4.78 is 24.0. The molecule has 4 nitrogen and oxygen atoms in total. The second-order valence-corrected chi connectivity index (χ2v) is 3.09. The standard InChI is InChI=1S/C6H14O4S/c1-3-5(2)6(7)4-10-11(8)9/h5-7H,3-4H2,1-2H3,(H,8,9)/p-1. The first-order valence-electron chi connectivity index (χ1n) is 3.48. The van der Waals surface area contributed by atoms with Crippen molar-refractivity contribution < 1.29 is 18.1 Å². The normalized spacial score (nSPS) is 19.3. The van der Waals surface area contributed by atoms with Crippen molar-refractivity contribution >= 4 is 11.4 Å². The lowest BCUT2D eigenvalue weighted by molar-refractivity contribution is 0.0634. The topological polar surface area (TPSA) is 69.6 Å². The van der Waals surface area contributed by atoms with Gasteiger partial charge in [0.2, 0.25) is 0 Å². The van der Waals surface area contributed by atoms with Crippen molar-refractivity contribution in [2.45, 2.75) is 26.4 Å². The van der Waals surface area contributed by atoms with E-state index in [0.29, 0.717) is 0 Å². The first kappa shape index (κ1) is 11.0. The van der Waals surface area contributed by atoms with Crippen LogP contribution < -0.4 is 0 Å². The Morgan fingerprint density at radius 3 is 2.64 bits per heavy atom. The third-order valence-corrected chi connectivity index (χ3v) is 1.96. The Balaban J connectivity index is 3.51. The molecule has 0 saturated heterocycles. The molecule has 3 atom stereocenters. The van der Waals surface area contributed by atoms with Crippen LogP contribution in [-0.2, 0) is 15.5 Å². The summed E-state index contributed by atoms with van der Waals surface area (Å²) in [6, 6.07) is 0. The highest BCUT2D eigenvalue weighted by atomic mass is 32.2. The Bertz CT molecular complexity index is 128. The molecule has 68 valence electrons. The molecule has 5 heteroatoms. The highest BCUT2D eigenvalue weighted by Crippen LogP contribution is 2.07. The molecule has 3 unspecified atom stereocenters. The van der Waals surface area contributed by atoms with Crippen molar-refractivity contribution in [3.8, 4) is 0 Å². The minimum Gasteiger partial charge on any atom is -0.750 e. The van der Waals surface area contributed by atoms with E-state index in [4.69, 9.17) is 5.11 Å². The lowest BCUT2D eigenvalue weighted by Gasteiger charge is -2.17.